The van der Waals surface area contributed by atoms with E-state index >= 15 is 0 Å². The van der Waals surface area contributed by atoms with Gasteiger partial charge in [-0.25, -0.2) is 0 Å². The van der Waals surface area contributed by atoms with Crippen molar-refractivity contribution in [3.63, 3.8) is 0 Å². The molecule has 0 bridgehead atoms. The monoisotopic (exact) mass is 283 g/mol. The molecule has 1 aromatic carbocycles. The lowest BCUT2D eigenvalue weighted by molar-refractivity contribution is 0.0957. The molecule has 1 rings (SSSR count). The Bertz CT molecular complexity index is 415. The maximum atomic E-state index is 11.7. The van der Waals surface area contributed by atoms with Gasteiger partial charge in [0, 0.05) is 12.1 Å². The number of methoxy groups -OCH3 is 1. The first-order chi connectivity index (χ1) is 7.54. The van der Waals surface area contributed by atoms with Gasteiger partial charge in [0.15, 0.2) is 0 Å². The Balaban J connectivity index is 2.77. The molecule has 0 atom stereocenters. The Morgan fingerprint density at radius 2 is 2.25 bits per heavy atom. The van der Waals surface area contributed by atoms with Gasteiger partial charge in [-0.2, -0.15) is 0 Å². The molecular weight excluding hydrogens is 270 g/mol. The van der Waals surface area contributed by atoms with Crippen molar-refractivity contribution in [2.45, 2.75) is 6.92 Å². The molecule has 16 heavy (non-hydrogen) atoms. The van der Waals surface area contributed by atoms with E-state index in [0.717, 1.165) is 10.0 Å². The molecule has 0 saturated carbocycles. The van der Waals surface area contributed by atoms with Crippen molar-refractivity contribution in [3.8, 4) is 5.75 Å². The van der Waals surface area contributed by atoms with Crippen LogP contribution < -0.4 is 10.1 Å². The molecule has 0 fully saturated rings. The predicted molar refractivity (Wildman–Crippen MR) is 67.8 cm³/mol. The zero-order valence-electron chi connectivity index (χ0n) is 9.34. The molecule has 0 radical (unpaired) electrons. The van der Waals surface area contributed by atoms with Gasteiger partial charge in [-0.3, -0.25) is 4.79 Å². The number of hydrogen-bond donors (Lipinski definition) is 1. The molecule has 86 valence electrons. The second-order valence-corrected chi connectivity index (χ2v) is 4.34. The molecule has 1 amide bonds. The van der Waals surface area contributed by atoms with Crippen LogP contribution in [0.1, 0.15) is 17.3 Å². The van der Waals surface area contributed by atoms with Crippen LogP contribution in [0, 0.1) is 0 Å². The van der Waals surface area contributed by atoms with Crippen molar-refractivity contribution in [1.82, 2.24) is 5.32 Å². The second kappa shape index (κ2) is 5.70. The van der Waals surface area contributed by atoms with E-state index in [0.29, 0.717) is 17.9 Å². The molecule has 3 nitrogen and oxygen atoms in total. The summed E-state index contributed by atoms with van der Waals surface area (Å²) >= 11 is 3.33. The van der Waals surface area contributed by atoms with Crippen molar-refractivity contribution < 1.29 is 9.53 Å². The standard InChI is InChI=1S/C12H14BrNO2/c1-8(2)7-14-12(15)9-4-5-11(16-3)10(13)6-9/h4-6H,1,7H2,2-3H3,(H,14,15). The molecule has 0 heterocycles. The third kappa shape index (κ3) is 3.38. The van der Waals surface area contributed by atoms with Crippen molar-refractivity contribution in [2.24, 2.45) is 0 Å². The Kier molecular flexibility index (Phi) is 4.55. The topological polar surface area (TPSA) is 38.3 Å². The van der Waals surface area contributed by atoms with Crippen molar-refractivity contribution in [3.05, 3.63) is 40.4 Å². The first-order valence-electron chi connectivity index (χ1n) is 4.80. The summed E-state index contributed by atoms with van der Waals surface area (Å²) in [6, 6.07) is 5.20. The third-order valence-corrected chi connectivity index (χ3v) is 2.58. The van der Waals surface area contributed by atoms with Crippen molar-refractivity contribution in [2.75, 3.05) is 13.7 Å². The lowest BCUT2D eigenvalue weighted by Gasteiger charge is -2.07. The second-order valence-electron chi connectivity index (χ2n) is 3.49. The highest BCUT2D eigenvalue weighted by Gasteiger charge is 2.07. The van der Waals surface area contributed by atoms with Gasteiger partial charge >= 0.3 is 0 Å². The van der Waals surface area contributed by atoms with Gasteiger partial charge in [0.1, 0.15) is 5.75 Å². The van der Waals surface area contributed by atoms with Crippen LogP contribution in [0.25, 0.3) is 0 Å². The van der Waals surface area contributed by atoms with Gasteiger partial charge in [-0.1, -0.05) is 12.2 Å². The first-order valence-corrected chi connectivity index (χ1v) is 5.60. The Hall–Kier alpha value is -1.29. The molecular formula is C12H14BrNO2. The molecule has 0 aliphatic rings. The minimum atomic E-state index is -0.119. The summed E-state index contributed by atoms with van der Waals surface area (Å²) in [6.07, 6.45) is 0. The van der Waals surface area contributed by atoms with Gasteiger partial charge < -0.3 is 10.1 Å². The molecule has 4 heteroatoms. The maximum absolute atomic E-state index is 11.7. The minimum Gasteiger partial charge on any atom is -0.496 e. The quantitative estimate of drug-likeness (QED) is 0.863. The zero-order chi connectivity index (χ0) is 12.1. The third-order valence-electron chi connectivity index (χ3n) is 1.96. The summed E-state index contributed by atoms with van der Waals surface area (Å²) in [5, 5.41) is 2.76. The number of hydrogen-bond acceptors (Lipinski definition) is 2. The minimum absolute atomic E-state index is 0.119. The SMILES string of the molecule is C=C(C)CNC(=O)c1ccc(OC)c(Br)c1. The number of rotatable bonds is 4. The van der Waals surface area contributed by atoms with E-state index in [9.17, 15) is 4.79 Å². The van der Waals surface area contributed by atoms with Gasteiger partial charge in [0.25, 0.3) is 5.91 Å². The number of carbonyl (C=O) groups excluding carboxylic acids is 1. The highest BCUT2D eigenvalue weighted by molar-refractivity contribution is 9.10. The van der Waals surface area contributed by atoms with E-state index in [1.165, 1.54) is 0 Å². The largest absolute Gasteiger partial charge is 0.496 e. The summed E-state index contributed by atoms with van der Waals surface area (Å²) in [4.78, 5) is 11.7. The number of amides is 1. The smallest absolute Gasteiger partial charge is 0.251 e. The number of halogens is 1. The van der Waals surface area contributed by atoms with Crippen LogP contribution in [0.15, 0.2) is 34.8 Å². The van der Waals surface area contributed by atoms with Gasteiger partial charge in [-0.15, -0.1) is 0 Å². The Morgan fingerprint density at radius 1 is 1.56 bits per heavy atom. The van der Waals surface area contributed by atoms with E-state index in [4.69, 9.17) is 4.74 Å². The number of ether oxygens (including phenoxy) is 1. The fourth-order valence-corrected chi connectivity index (χ4v) is 1.68. The van der Waals surface area contributed by atoms with Crippen LogP contribution in [0.3, 0.4) is 0 Å². The molecule has 0 aromatic heterocycles. The number of carbonyl (C=O) groups is 1. The summed E-state index contributed by atoms with van der Waals surface area (Å²) in [5.41, 5.74) is 1.51. The van der Waals surface area contributed by atoms with Crippen molar-refractivity contribution in [1.29, 1.82) is 0 Å². The Morgan fingerprint density at radius 3 is 2.75 bits per heavy atom. The maximum Gasteiger partial charge on any atom is 0.251 e. The van der Waals surface area contributed by atoms with E-state index < -0.39 is 0 Å². The highest BCUT2D eigenvalue weighted by atomic mass is 79.9. The lowest BCUT2D eigenvalue weighted by Crippen LogP contribution is -2.24. The summed E-state index contributed by atoms with van der Waals surface area (Å²) in [6.45, 7) is 6.08. The molecule has 0 aliphatic carbocycles. The van der Waals surface area contributed by atoms with Gasteiger partial charge in [0.05, 0.1) is 11.6 Å². The lowest BCUT2D eigenvalue weighted by atomic mass is 10.2. The van der Waals surface area contributed by atoms with E-state index in [2.05, 4.69) is 27.8 Å². The van der Waals surface area contributed by atoms with E-state index in [-0.39, 0.29) is 5.91 Å². The number of nitrogens with one attached hydrogen (secondary N) is 1. The number of benzene rings is 1. The van der Waals surface area contributed by atoms with Gasteiger partial charge in [0.2, 0.25) is 0 Å². The van der Waals surface area contributed by atoms with E-state index in [1.807, 2.05) is 6.92 Å². The van der Waals surface area contributed by atoms with Gasteiger partial charge in [-0.05, 0) is 41.1 Å². The molecule has 0 spiro atoms. The zero-order valence-corrected chi connectivity index (χ0v) is 10.9. The average Bonchev–Trinajstić information content (AvgIpc) is 2.25. The summed E-state index contributed by atoms with van der Waals surface area (Å²) in [7, 11) is 1.58. The summed E-state index contributed by atoms with van der Waals surface area (Å²) < 4.78 is 5.85. The fourth-order valence-electron chi connectivity index (χ4n) is 1.14. The normalized spacial score (nSPS) is 9.69. The van der Waals surface area contributed by atoms with Crippen LogP contribution in [0.5, 0.6) is 5.75 Å². The molecule has 0 unspecified atom stereocenters. The van der Waals surface area contributed by atoms with Crippen LogP contribution in [0.2, 0.25) is 0 Å². The highest BCUT2D eigenvalue weighted by Crippen LogP contribution is 2.25. The van der Waals surface area contributed by atoms with Crippen LogP contribution in [-0.4, -0.2) is 19.6 Å². The summed E-state index contributed by atoms with van der Waals surface area (Å²) in [5.74, 6) is 0.586. The van der Waals surface area contributed by atoms with Crippen LogP contribution in [0.4, 0.5) is 0 Å². The fraction of sp³-hybridized carbons (Fsp3) is 0.250. The average molecular weight is 284 g/mol. The Labute approximate surface area is 104 Å². The van der Waals surface area contributed by atoms with Crippen LogP contribution in [-0.2, 0) is 0 Å². The van der Waals surface area contributed by atoms with Crippen LogP contribution >= 0.6 is 15.9 Å². The molecule has 1 N–H and O–H groups in total. The first kappa shape index (κ1) is 12.8. The predicted octanol–water partition coefficient (Wildman–Crippen LogP) is 2.76. The molecule has 0 aliphatic heterocycles. The molecule has 0 saturated heterocycles. The van der Waals surface area contributed by atoms with Crippen molar-refractivity contribution >= 4 is 21.8 Å². The van der Waals surface area contributed by atoms with E-state index in [1.54, 1.807) is 25.3 Å². The molecule has 1 aromatic rings.